The fourth-order valence-corrected chi connectivity index (χ4v) is 6.07. The van der Waals surface area contributed by atoms with E-state index in [1.54, 1.807) is 36.5 Å². The first-order valence-corrected chi connectivity index (χ1v) is 11.8. The van der Waals surface area contributed by atoms with Crippen LogP contribution in [0.2, 0.25) is 0 Å². The van der Waals surface area contributed by atoms with Gasteiger partial charge in [0.25, 0.3) is 0 Å². The van der Waals surface area contributed by atoms with Crippen molar-refractivity contribution in [2.24, 2.45) is 17.3 Å². The van der Waals surface area contributed by atoms with E-state index in [0.29, 0.717) is 0 Å². The molecule has 0 N–H and O–H groups in total. The van der Waals surface area contributed by atoms with Crippen LogP contribution >= 0.6 is 0 Å². The van der Waals surface area contributed by atoms with Crippen LogP contribution < -0.4 is 0 Å². The zero-order chi connectivity index (χ0) is 27.7. The van der Waals surface area contributed by atoms with E-state index in [0.717, 1.165) is 6.07 Å². The summed E-state index contributed by atoms with van der Waals surface area (Å²) in [6.45, 7) is 3.95. The van der Waals surface area contributed by atoms with E-state index in [4.69, 9.17) is 5.26 Å². The van der Waals surface area contributed by atoms with Crippen LogP contribution in [0.4, 0.5) is 35.1 Å². The summed E-state index contributed by atoms with van der Waals surface area (Å²) in [5, 5.41) is 8.77. The molecule has 6 unspecified atom stereocenters. The molecule has 0 aromatic heterocycles. The number of piperidine rings is 1. The van der Waals surface area contributed by atoms with Crippen molar-refractivity contribution in [3.05, 3.63) is 100 Å². The highest BCUT2D eigenvalue weighted by Crippen LogP contribution is 2.54. The van der Waals surface area contributed by atoms with E-state index in [2.05, 4.69) is 0 Å². The first kappa shape index (κ1) is 26.0. The number of halogens is 8. The van der Waals surface area contributed by atoms with Gasteiger partial charge < -0.3 is 4.90 Å². The molecule has 0 radical (unpaired) electrons. The Morgan fingerprint density at radius 3 is 1.66 bits per heavy atom. The Kier molecular flexibility index (Phi) is 6.16. The van der Waals surface area contributed by atoms with E-state index < -0.39 is 87.2 Å². The monoisotopic (exact) mass is 536 g/mol. The van der Waals surface area contributed by atoms with Gasteiger partial charge in [0.2, 0.25) is 0 Å². The summed E-state index contributed by atoms with van der Waals surface area (Å²) < 4.78 is 120. The molecule has 1 aliphatic heterocycles. The van der Waals surface area contributed by atoms with Gasteiger partial charge in [-0.1, -0.05) is 62.5 Å². The average molecular weight is 536 g/mol. The molecule has 1 fully saturated rings. The van der Waals surface area contributed by atoms with E-state index in [-0.39, 0.29) is 11.8 Å². The summed E-state index contributed by atoms with van der Waals surface area (Å²) in [5.74, 6) is -13.9. The van der Waals surface area contributed by atoms with Crippen molar-refractivity contribution in [3.8, 4) is 6.07 Å². The second-order valence-corrected chi connectivity index (χ2v) is 10.1. The van der Waals surface area contributed by atoms with Crippen LogP contribution in [-0.2, 0) is 0 Å². The summed E-state index contributed by atoms with van der Waals surface area (Å²) in [5.41, 5.74) is -6.91. The molecule has 10 heteroatoms. The lowest BCUT2D eigenvalue weighted by molar-refractivity contribution is -0.0136. The fraction of sp³-hybridized carbons (Fsp3) is 0.321. The van der Waals surface area contributed by atoms with Crippen molar-refractivity contribution >= 4 is 5.57 Å². The summed E-state index contributed by atoms with van der Waals surface area (Å²) in [6.07, 6.45) is 7.57. The number of hydrogen-bond donors (Lipinski definition) is 0. The van der Waals surface area contributed by atoms with Crippen LogP contribution in [0.15, 0.2) is 66.0 Å². The Balaban J connectivity index is 1.74. The molecule has 3 aliphatic carbocycles. The van der Waals surface area contributed by atoms with Gasteiger partial charge in [0, 0.05) is 17.4 Å². The third-order valence-electron chi connectivity index (χ3n) is 7.94. The normalized spacial score (nSPS) is 31.4. The van der Waals surface area contributed by atoms with E-state index in [1.165, 1.54) is 4.90 Å². The minimum atomic E-state index is -3.22. The van der Waals surface area contributed by atoms with Crippen molar-refractivity contribution < 1.29 is 35.1 Å². The lowest BCUT2D eigenvalue weighted by Crippen LogP contribution is -2.62. The van der Waals surface area contributed by atoms with Crippen molar-refractivity contribution in [1.29, 1.82) is 5.26 Å². The molecule has 198 valence electrons. The van der Waals surface area contributed by atoms with Crippen LogP contribution in [0.3, 0.4) is 0 Å². The molecule has 4 aliphatic rings. The third kappa shape index (κ3) is 3.44. The van der Waals surface area contributed by atoms with Gasteiger partial charge >= 0.3 is 0 Å². The standard InChI is InChI=1S/C28H20F8N2/c1-28(2)13-7-3-5-9-15(13)38(16-10-6-4-8-14(16)28)27-25(35)23(33)18(24(34)26(27)36)17-21(31)19(29)12(11-37)20(30)22(17)32/h3-10,13-16,23,25H,1-2H3. The van der Waals surface area contributed by atoms with Gasteiger partial charge in [0.05, 0.1) is 23.3 Å². The second-order valence-electron chi connectivity index (χ2n) is 10.1. The number of nitrogens with zero attached hydrogens (tertiary/aromatic N) is 2. The molecule has 0 spiro atoms. The Bertz CT molecular complexity index is 1370. The second kappa shape index (κ2) is 9.00. The lowest BCUT2D eigenvalue weighted by atomic mass is 9.58. The number of hydrogen-bond acceptors (Lipinski definition) is 2. The zero-order valence-corrected chi connectivity index (χ0v) is 20.0. The minimum Gasteiger partial charge on any atom is -0.356 e. The Labute approximate surface area is 213 Å². The number of nitriles is 1. The molecular formula is C28H20F8N2. The van der Waals surface area contributed by atoms with Gasteiger partial charge in [-0.25, -0.2) is 35.1 Å². The van der Waals surface area contributed by atoms with Crippen LogP contribution in [0, 0.1) is 51.9 Å². The summed E-state index contributed by atoms with van der Waals surface area (Å²) in [4.78, 5) is 1.23. The van der Waals surface area contributed by atoms with Gasteiger partial charge in [-0.15, -0.1) is 0 Å². The summed E-state index contributed by atoms with van der Waals surface area (Å²) >= 11 is 0. The van der Waals surface area contributed by atoms with Crippen LogP contribution in [0.5, 0.6) is 0 Å². The molecule has 38 heavy (non-hydrogen) atoms. The molecule has 1 saturated heterocycles. The SMILES string of the molecule is CC1(C)C2C=CC=CC2N(C2=C(F)C(F)=C(c3c(F)c(F)c(C#N)c(F)c3F)C(F)C2F)C2C=CC=CC21. The maximum atomic E-state index is 15.8. The van der Waals surface area contributed by atoms with E-state index >= 15 is 17.6 Å². The topological polar surface area (TPSA) is 27.0 Å². The van der Waals surface area contributed by atoms with Gasteiger partial charge in [0.15, 0.2) is 47.3 Å². The Morgan fingerprint density at radius 2 is 1.18 bits per heavy atom. The maximum Gasteiger partial charge on any atom is 0.181 e. The van der Waals surface area contributed by atoms with Crippen molar-refractivity contribution in [2.75, 3.05) is 0 Å². The number of alkyl halides is 2. The smallest absolute Gasteiger partial charge is 0.181 e. The molecule has 0 saturated carbocycles. The number of rotatable bonds is 2. The van der Waals surface area contributed by atoms with Crippen LogP contribution in [0.25, 0.3) is 5.57 Å². The fourth-order valence-electron chi connectivity index (χ4n) is 6.07. The van der Waals surface area contributed by atoms with Gasteiger partial charge in [-0.05, 0) is 5.41 Å². The highest BCUT2D eigenvalue weighted by Gasteiger charge is 2.55. The van der Waals surface area contributed by atoms with Gasteiger partial charge in [-0.2, -0.15) is 5.26 Å². The van der Waals surface area contributed by atoms with Crippen molar-refractivity contribution in [3.63, 3.8) is 0 Å². The largest absolute Gasteiger partial charge is 0.356 e. The molecule has 1 aromatic rings. The molecule has 0 amide bonds. The molecular weight excluding hydrogens is 516 g/mol. The Morgan fingerprint density at radius 1 is 0.711 bits per heavy atom. The van der Waals surface area contributed by atoms with Gasteiger partial charge in [0.1, 0.15) is 11.6 Å². The van der Waals surface area contributed by atoms with Crippen molar-refractivity contribution in [1.82, 2.24) is 4.90 Å². The molecule has 6 atom stereocenters. The lowest BCUT2D eigenvalue weighted by Gasteiger charge is -2.58. The van der Waals surface area contributed by atoms with Crippen LogP contribution in [-0.4, -0.2) is 29.3 Å². The van der Waals surface area contributed by atoms with E-state index in [9.17, 15) is 17.6 Å². The molecule has 5 rings (SSSR count). The predicted octanol–water partition coefficient (Wildman–Crippen LogP) is 7.23. The Hall–Kier alpha value is -3.61. The first-order chi connectivity index (χ1) is 17.9. The van der Waals surface area contributed by atoms with Crippen molar-refractivity contribution in [2.45, 2.75) is 38.3 Å². The molecule has 1 aromatic carbocycles. The highest BCUT2D eigenvalue weighted by atomic mass is 19.2. The summed E-state index contributed by atoms with van der Waals surface area (Å²) in [6, 6.07) is -0.557. The predicted molar refractivity (Wildman–Crippen MR) is 124 cm³/mol. The zero-order valence-electron chi connectivity index (χ0n) is 20.0. The number of fused-ring (bicyclic) bond motifs is 2. The molecule has 1 heterocycles. The average Bonchev–Trinajstić information content (AvgIpc) is 2.90. The quantitative estimate of drug-likeness (QED) is 0.295. The first-order valence-electron chi connectivity index (χ1n) is 11.8. The number of allylic oxidation sites excluding steroid dienone is 8. The summed E-state index contributed by atoms with van der Waals surface area (Å²) in [7, 11) is 0. The number of benzene rings is 1. The van der Waals surface area contributed by atoms with E-state index in [1.807, 2.05) is 26.0 Å². The third-order valence-corrected chi connectivity index (χ3v) is 7.94. The molecule has 0 bridgehead atoms. The van der Waals surface area contributed by atoms with Gasteiger partial charge in [-0.3, -0.25) is 0 Å². The molecule has 2 nitrogen and oxygen atoms in total. The minimum absolute atomic E-state index is 0.333. The number of likely N-dealkylation sites (tertiary alicyclic amines) is 1. The maximum absolute atomic E-state index is 15.8. The highest BCUT2D eigenvalue weighted by molar-refractivity contribution is 5.77. The van der Waals surface area contributed by atoms with Crippen LogP contribution in [0.1, 0.15) is 25.0 Å².